The van der Waals surface area contributed by atoms with Gasteiger partial charge in [-0.3, -0.25) is 0 Å². The summed E-state index contributed by atoms with van der Waals surface area (Å²) in [5.41, 5.74) is 3.42. The van der Waals surface area contributed by atoms with Crippen molar-refractivity contribution < 1.29 is 13.2 Å². The maximum absolute atomic E-state index is 12.4. The van der Waals surface area contributed by atoms with E-state index < -0.39 is 11.7 Å². The van der Waals surface area contributed by atoms with Crippen LogP contribution in [-0.2, 0) is 6.18 Å². The highest BCUT2D eigenvalue weighted by Gasteiger charge is 2.29. The molecule has 2 aromatic carbocycles. The molecular weight excluding hydrogens is 237 g/mol. The molecule has 0 bridgehead atoms. The van der Waals surface area contributed by atoms with Crippen LogP contribution in [0, 0.1) is 13.8 Å². The Morgan fingerprint density at radius 3 is 1.78 bits per heavy atom. The van der Waals surface area contributed by atoms with Gasteiger partial charge < -0.3 is 0 Å². The zero-order chi connectivity index (χ0) is 13.3. The summed E-state index contributed by atoms with van der Waals surface area (Å²) >= 11 is 0. The largest absolute Gasteiger partial charge is 0.416 e. The number of alkyl halides is 3. The first-order valence-corrected chi connectivity index (χ1v) is 5.63. The third-order valence-electron chi connectivity index (χ3n) is 3.05. The molecule has 0 aliphatic carbocycles. The lowest BCUT2D eigenvalue weighted by Gasteiger charge is -2.09. The second-order valence-corrected chi connectivity index (χ2v) is 4.37. The van der Waals surface area contributed by atoms with E-state index in [1.807, 2.05) is 32.0 Å². The summed E-state index contributed by atoms with van der Waals surface area (Å²) in [7, 11) is 0. The van der Waals surface area contributed by atoms with Crippen LogP contribution in [0.5, 0.6) is 0 Å². The van der Waals surface area contributed by atoms with Gasteiger partial charge in [-0.1, -0.05) is 30.3 Å². The van der Waals surface area contributed by atoms with Gasteiger partial charge in [-0.15, -0.1) is 0 Å². The van der Waals surface area contributed by atoms with Crippen LogP contribution in [0.4, 0.5) is 13.2 Å². The van der Waals surface area contributed by atoms with Crippen molar-refractivity contribution in [2.45, 2.75) is 20.0 Å². The zero-order valence-corrected chi connectivity index (χ0v) is 10.2. The lowest BCUT2D eigenvalue weighted by molar-refractivity contribution is -0.137. The molecular formula is C15H13F3. The van der Waals surface area contributed by atoms with E-state index >= 15 is 0 Å². The summed E-state index contributed by atoms with van der Waals surface area (Å²) in [6.07, 6.45) is -4.28. The lowest BCUT2D eigenvalue weighted by Crippen LogP contribution is -2.03. The Bertz CT molecular complexity index is 551. The highest BCUT2D eigenvalue weighted by molar-refractivity contribution is 5.65. The van der Waals surface area contributed by atoms with Crippen molar-refractivity contribution in [3.8, 4) is 11.1 Å². The molecule has 2 rings (SSSR count). The molecule has 2 aromatic rings. The molecule has 18 heavy (non-hydrogen) atoms. The molecule has 0 nitrogen and oxygen atoms in total. The molecule has 94 valence electrons. The van der Waals surface area contributed by atoms with Crippen LogP contribution in [0.25, 0.3) is 11.1 Å². The number of aryl methyl sites for hydroxylation is 2. The third kappa shape index (κ3) is 2.55. The summed E-state index contributed by atoms with van der Waals surface area (Å²) in [6, 6.07) is 11.1. The molecule has 0 radical (unpaired) electrons. The molecule has 0 amide bonds. The number of rotatable bonds is 1. The minimum atomic E-state index is -4.28. The molecule has 0 atom stereocenters. The molecule has 0 aliphatic heterocycles. The standard InChI is InChI=1S/C15H13F3/c1-10-3-4-13(9-11(10)2)12-5-7-14(8-6-12)15(16,17)18/h3-9H,1-2H3. The first-order chi connectivity index (χ1) is 8.38. The average molecular weight is 250 g/mol. The third-order valence-corrected chi connectivity index (χ3v) is 3.05. The molecule has 0 heterocycles. The second-order valence-electron chi connectivity index (χ2n) is 4.37. The van der Waals surface area contributed by atoms with Gasteiger partial charge in [0.2, 0.25) is 0 Å². The number of halogens is 3. The van der Waals surface area contributed by atoms with Crippen LogP contribution < -0.4 is 0 Å². The van der Waals surface area contributed by atoms with Crippen LogP contribution in [0.3, 0.4) is 0 Å². The number of hydrogen-bond acceptors (Lipinski definition) is 0. The SMILES string of the molecule is Cc1ccc(-c2ccc(C(F)(F)F)cc2)cc1C. The highest BCUT2D eigenvalue weighted by Crippen LogP contribution is 2.31. The summed E-state index contributed by atoms with van der Waals surface area (Å²) in [6.45, 7) is 3.99. The Balaban J connectivity index is 2.37. The smallest absolute Gasteiger partial charge is 0.166 e. The minimum Gasteiger partial charge on any atom is -0.166 e. The number of hydrogen-bond donors (Lipinski definition) is 0. The minimum absolute atomic E-state index is 0.616. The molecule has 0 saturated heterocycles. The van der Waals surface area contributed by atoms with Crippen molar-refractivity contribution in [3.63, 3.8) is 0 Å². The molecule has 0 aliphatic rings. The molecule has 0 fully saturated rings. The van der Waals surface area contributed by atoms with Crippen molar-refractivity contribution in [1.82, 2.24) is 0 Å². The lowest BCUT2D eigenvalue weighted by atomic mass is 9.99. The van der Waals surface area contributed by atoms with Crippen LogP contribution in [0.2, 0.25) is 0 Å². The fourth-order valence-electron chi connectivity index (χ4n) is 1.77. The predicted octanol–water partition coefficient (Wildman–Crippen LogP) is 4.99. The van der Waals surface area contributed by atoms with Crippen molar-refractivity contribution in [2.75, 3.05) is 0 Å². The van der Waals surface area contributed by atoms with E-state index in [2.05, 4.69) is 0 Å². The molecule has 0 saturated carbocycles. The van der Waals surface area contributed by atoms with Gasteiger partial charge >= 0.3 is 6.18 Å². The van der Waals surface area contributed by atoms with Crippen molar-refractivity contribution in [1.29, 1.82) is 0 Å². The Hall–Kier alpha value is -1.77. The Morgan fingerprint density at radius 2 is 1.28 bits per heavy atom. The van der Waals surface area contributed by atoms with E-state index in [1.54, 1.807) is 0 Å². The van der Waals surface area contributed by atoms with Gasteiger partial charge in [0.05, 0.1) is 5.56 Å². The van der Waals surface area contributed by atoms with Crippen LogP contribution in [-0.4, -0.2) is 0 Å². The summed E-state index contributed by atoms with van der Waals surface area (Å²) < 4.78 is 37.3. The van der Waals surface area contributed by atoms with Crippen molar-refractivity contribution in [3.05, 3.63) is 59.2 Å². The summed E-state index contributed by atoms with van der Waals surface area (Å²) in [4.78, 5) is 0. The maximum Gasteiger partial charge on any atom is 0.416 e. The first-order valence-electron chi connectivity index (χ1n) is 5.63. The average Bonchev–Trinajstić information content (AvgIpc) is 2.32. The second kappa shape index (κ2) is 4.48. The highest BCUT2D eigenvalue weighted by atomic mass is 19.4. The molecule has 0 spiro atoms. The van der Waals surface area contributed by atoms with Gasteiger partial charge in [0, 0.05) is 0 Å². The van der Waals surface area contributed by atoms with E-state index in [4.69, 9.17) is 0 Å². The van der Waals surface area contributed by atoms with E-state index in [0.717, 1.165) is 28.8 Å². The van der Waals surface area contributed by atoms with Gasteiger partial charge in [-0.25, -0.2) is 0 Å². The van der Waals surface area contributed by atoms with Crippen molar-refractivity contribution in [2.24, 2.45) is 0 Å². The molecule has 0 aromatic heterocycles. The zero-order valence-electron chi connectivity index (χ0n) is 10.2. The Labute approximate surface area is 104 Å². The maximum atomic E-state index is 12.4. The van der Waals surface area contributed by atoms with Gasteiger partial charge in [0.25, 0.3) is 0 Å². The molecule has 0 N–H and O–H groups in total. The molecule has 0 unspecified atom stereocenters. The van der Waals surface area contributed by atoms with Crippen LogP contribution >= 0.6 is 0 Å². The van der Waals surface area contributed by atoms with E-state index in [0.29, 0.717) is 0 Å². The van der Waals surface area contributed by atoms with E-state index in [9.17, 15) is 13.2 Å². The van der Waals surface area contributed by atoms with E-state index in [1.165, 1.54) is 17.7 Å². The monoisotopic (exact) mass is 250 g/mol. The Morgan fingerprint density at radius 1 is 0.722 bits per heavy atom. The van der Waals surface area contributed by atoms with Crippen LogP contribution in [0.15, 0.2) is 42.5 Å². The quantitative estimate of drug-likeness (QED) is 0.669. The fourth-order valence-corrected chi connectivity index (χ4v) is 1.77. The van der Waals surface area contributed by atoms with Gasteiger partial charge in [0.15, 0.2) is 0 Å². The predicted molar refractivity (Wildman–Crippen MR) is 66.4 cm³/mol. The van der Waals surface area contributed by atoms with Crippen molar-refractivity contribution >= 4 is 0 Å². The van der Waals surface area contributed by atoms with Gasteiger partial charge in [-0.05, 0) is 48.2 Å². The fraction of sp³-hybridized carbons (Fsp3) is 0.200. The molecule has 3 heteroatoms. The van der Waals surface area contributed by atoms with Gasteiger partial charge in [0.1, 0.15) is 0 Å². The number of benzene rings is 2. The normalized spacial score (nSPS) is 11.6. The van der Waals surface area contributed by atoms with Crippen LogP contribution in [0.1, 0.15) is 16.7 Å². The summed E-state index contributed by atoms with van der Waals surface area (Å²) in [5, 5.41) is 0. The first kappa shape index (κ1) is 12.7. The van der Waals surface area contributed by atoms with E-state index in [-0.39, 0.29) is 0 Å². The summed E-state index contributed by atoms with van der Waals surface area (Å²) in [5.74, 6) is 0. The Kier molecular flexibility index (Phi) is 3.16. The topological polar surface area (TPSA) is 0 Å². The van der Waals surface area contributed by atoms with Gasteiger partial charge in [-0.2, -0.15) is 13.2 Å².